The summed E-state index contributed by atoms with van der Waals surface area (Å²) in [7, 11) is 0. The van der Waals surface area contributed by atoms with Gasteiger partial charge in [-0.15, -0.1) is 0 Å². The molecule has 1 aromatic heterocycles. The van der Waals surface area contributed by atoms with Crippen molar-refractivity contribution in [2.24, 2.45) is 5.92 Å². The molecule has 0 amide bonds. The number of hydrogen-bond donors (Lipinski definition) is 2. The number of aromatic nitrogens is 1. The Morgan fingerprint density at radius 2 is 2.19 bits per heavy atom. The van der Waals surface area contributed by atoms with Crippen LogP contribution in [0.3, 0.4) is 0 Å². The molecular weight excluding hydrogens is 260 g/mol. The first-order chi connectivity index (χ1) is 10.2. The van der Waals surface area contributed by atoms with Crippen LogP contribution in [0.25, 0.3) is 10.8 Å². The van der Waals surface area contributed by atoms with Gasteiger partial charge in [-0.25, -0.2) is 0 Å². The maximum atomic E-state index is 9.87. The van der Waals surface area contributed by atoms with E-state index in [1.807, 2.05) is 18.5 Å². The average molecular weight is 284 g/mol. The fourth-order valence-corrected chi connectivity index (χ4v) is 3.62. The van der Waals surface area contributed by atoms with Crippen LogP contribution in [-0.4, -0.2) is 22.2 Å². The monoisotopic (exact) mass is 284 g/mol. The molecule has 0 bridgehead atoms. The van der Waals surface area contributed by atoms with Crippen molar-refractivity contribution in [3.63, 3.8) is 0 Å². The van der Waals surface area contributed by atoms with E-state index < -0.39 is 0 Å². The van der Waals surface area contributed by atoms with Crippen molar-refractivity contribution in [3.8, 4) is 0 Å². The van der Waals surface area contributed by atoms with Crippen LogP contribution in [0.1, 0.15) is 38.2 Å². The molecule has 2 atom stereocenters. The second-order valence-corrected chi connectivity index (χ2v) is 6.51. The molecule has 2 aromatic rings. The molecule has 1 fully saturated rings. The van der Waals surface area contributed by atoms with E-state index in [1.165, 1.54) is 29.2 Å². The predicted octanol–water partition coefficient (Wildman–Crippen LogP) is 3.27. The smallest absolute Gasteiger partial charge is 0.0613 e. The lowest BCUT2D eigenvalue weighted by atomic mass is 9.76. The quantitative estimate of drug-likeness (QED) is 0.905. The first kappa shape index (κ1) is 14.5. The Kier molecular flexibility index (Phi) is 4.22. The van der Waals surface area contributed by atoms with E-state index in [-0.39, 0.29) is 12.1 Å². The summed E-state index contributed by atoms with van der Waals surface area (Å²) in [5, 5.41) is 15.9. The second-order valence-electron chi connectivity index (χ2n) is 6.51. The SMILES string of the molecule is CC1CCCC(CO)(NCc2cncc3ccccc23)C1. The number of nitrogens with one attached hydrogen (secondary N) is 1. The molecule has 21 heavy (non-hydrogen) atoms. The van der Waals surface area contributed by atoms with E-state index in [0.29, 0.717) is 5.92 Å². The summed E-state index contributed by atoms with van der Waals surface area (Å²) in [5.74, 6) is 0.684. The van der Waals surface area contributed by atoms with Crippen LogP contribution in [0, 0.1) is 5.92 Å². The Labute approximate surface area is 126 Å². The van der Waals surface area contributed by atoms with Crippen molar-refractivity contribution < 1.29 is 5.11 Å². The number of aliphatic hydroxyl groups is 1. The molecule has 1 aliphatic carbocycles. The molecule has 1 aliphatic rings. The summed E-state index contributed by atoms with van der Waals surface area (Å²) in [4.78, 5) is 4.34. The van der Waals surface area contributed by atoms with Gasteiger partial charge in [-0.3, -0.25) is 4.98 Å². The minimum Gasteiger partial charge on any atom is -0.394 e. The largest absolute Gasteiger partial charge is 0.394 e. The fraction of sp³-hybridized carbons (Fsp3) is 0.500. The van der Waals surface area contributed by atoms with Gasteiger partial charge in [0.1, 0.15) is 0 Å². The Balaban J connectivity index is 1.79. The average Bonchev–Trinajstić information content (AvgIpc) is 2.53. The van der Waals surface area contributed by atoms with Gasteiger partial charge in [-0.05, 0) is 29.7 Å². The first-order valence-electron chi connectivity index (χ1n) is 7.90. The minimum absolute atomic E-state index is 0.116. The highest BCUT2D eigenvalue weighted by Gasteiger charge is 2.33. The van der Waals surface area contributed by atoms with E-state index in [2.05, 4.69) is 35.4 Å². The molecule has 0 spiro atoms. The van der Waals surface area contributed by atoms with Crippen molar-refractivity contribution in [1.82, 2.24) is 10.3 Å². The maximum absolute atomic E-state index is 9.87. The number of fused-ring (bicyclic) bond motifs is 1. The van der Waals surface area contributed by atoms with Crippen LogP contribution >= 0.6 is 0 Å². The van der Waals surface area contributed by atoms with Crippen LogP contribution in [0.5, 0.6) is 0 Å². The van der Waals surface area contributed by atoms with Crippen LogP contribution in [0.2, 0.25) is 0 Å². The number of benzene rings is 1. The van der Waals surface area contributed by atoms with Gasteiger partial charge in [0.2, 0.25) is 0 Å². The number of rotatable bonds is 4. The van der Waals surface area contributed by atoms with Gasteiger partial charge >= 0.3 is 0 Å². The summed E-state index contributed by atoms with van der Waals surface area (Å²) in [6, 6.07) is 8.34. The van der Waals surface area contributed by atoms with E-state index in [4.69, 9.17) is 0 Å². The zero-order valence-corrected chi connectivity index (χ0v) is 12.7. The van der Waals surface area contributed by atoms with Gasteiger partial charge in [0.25, 0.3) is 0 Å². The molecular formula is C18H24N2O. The third kappa shape index (κ3) is 3.09. The highest BCUT2D eigenvalue weighted by Crippen LogP contribution is 2.32. The van der Waals surface area contributed by atoms with Crippen molar-refractivity contribution in [3.05, 3.63) is 42.2 Å². The van der Waals surface area contributed by atoms with Crippen LogP contribution < -0.4 is 5.32 Å². The number of hydrogen-bond acceptors (Lipinski definition) is 3. The maximum Gasteiger partial charge on any atom is 0.0613 e. The summed E-state index contributed by atoms with van der Waals surface area (Å²) >= 11 is 0. The normalized spacial score (nSPS) is 26.1. The Bertz CT molecular complexity index is 608. The molecule has 1 heterocycles. The van der Waals surface area contributed by atoms with Gasteiger partial charge in [-0.1, -0.05) is 44.0 Å². The highest BCUT2D eigenvalue weighted by molar-refractivity contribution is 5.84. The van der Waals surface area contributed by atoms with E-state index >= 15 is 0 Å². The van der Waals surface area contributed by atoms with Crippen molar-refractivity contribution in [2.75, 3.05) is 6.61 Å². The topological polar surface area (TPSA) is 45.1 Å². The first-order valence-corrected chi connectivity index (χ1v) is 7.90. The van der Waals surface area contributed by atoms with E-state index in [1.54, 1.807) is 0 Å². The third-order valence-electron chi connectivity index (χ3n) is 4.80. The summed E-state index contributed by atoms with van der Waals surface area (Å²) in [5.41, 5.74) is 1.09. The zero-order valence-electron chi connectivity index (χ0n) is 12.7. The van der Waals surface area contributed by atoms with Crippen LogP contribution in [0.15, 0.2) is 36.7 Å². The van der Waals surface area contributed by atoms with Gasteiger partial charge < -0.3 is 10.4 Å². The van der Waals surface area contributed by atoms with Gasteiger partial charge in [0.05, 0.1) is 6.61 Å². The number of nitrogens with zero attached hydrogens (tertiary/aromatic N) is 1. The molecule has 2 unspecified atom stereocenters. The lowest BCUT2D eigenvalue weighted by molar-refractivity contribution is 0.0983. The summed E-state index contributed by atoms with van der Waals surface area (Å²) in [6.07, 6.45) is 8.44. The zero-order chi connectivity index (χ0) is 14.7. The number of pyridine rings is 1. The van der Waals surface area contributed by atoms with E-state index in [9.17, 15) is 5.11 Å². The predicted molar refractivity (Wildman–Crippen MR) is 86.0 cm³/mol. The molecule has 3 nitrogen and oxygen atoms in total. The molecule has 0 aliphatic heterocycles. The van der Waals surface area contributed by atoms with Crippen molar-refractivity contribution >= 4 is 10.8 Å². The number of aliphatic hydroxyl groups excluding tert-OH is 1. The molecule has 0 radical (unpaired) electrons. The fourth-order valence-electron chi connectivity index (χ4n) is 3.62. The summed E-state index contributed by atoms with van der Waals surface area (Å²) < 4.78 is 0. The van der Waals surface area contributed by atoms with Crippen molar-refractivity contribution in [1.29, 1.82) is 0 Å². The van der Waals surface area contributed by atoms with Crippen LogP contribution in [-0.2, 0) is 6.54 Å². The van der Waals surface area contributed by atoms with Crippen molar-refractivity contribution in [2.45, 2.75) is 44.7 Å². The van der Waals surface area contributed by atoms with Crippen LogP contribution in [0.4, 0.5) is 0 Å². The second kappa shape index (κ2) is 6.12. The van der Waals surface area contributed by atoms with E-state index in [0.717, 1.165) is 19.4 Å². The molecule has 3 heteroatoms. The Morgan fingerprint density at radius 1 is 1.33 bits per heavy atom. The van der Waals surface area contributed by atoms with Gasteiger partial charge in [0.15, 0.2) is 0 Å². The minimum atomic E-state index is -0.116. The highest BCUT2D eigenvalue weighted by atomic mass is 16.3. The molecule has 1 saturated carbocycles. The molecule has 1 aromatic carbocycles. The lowest BCUT2D eigenvalue weighted by Crippen LogP contribution is -2.51. The standard InChI is InChI=1S/C18H24N2O/c1-14-5-4-8-18(9-14,13-21)20-12-16-11-19-10-15-6-2-3-7-17(15)16/h2-3,6-7,10-11,14,20-21H,4-5,8-9,12-13H2,1H3. The van der Waals surface area contributed by atoms with Gasteiger partial charge in [-0.2, -0.15) is 0 Å². The summed E-state index contributed by atoms with van der Waals surface area (Å²) in [6.45, 7) is 3.27. The molecule has 3 rings (SSSR count). The Morgan fingerprint density at radius 3 is 3.00 bits per heavy atom. The molecule has 2 N–H and O–H groups in total. The lowest BCUT2D eigenvalue weighted by Gasteiger charge is -2.39. The third-order valence-corrected chi connectivity index (χ3v) is 4.80. The Hall–Kier alpha value is -1.45. The molecule has 0 saturated heterocycles. The molecule has 112 valence electrons. The van der Waals surface area contributed by atoms with Gasteiger partial charge in [0, 0.05) is 29.9 Å².